The molecule has 7 heteroatoms. The first kappa shape index (κ1) is 15.9. The molecule has 1 atom stereocenters. The van der Waals surface area contributed by atoms with Gasteiger partial charge in [0.1, 0.15) is 0 Å². The summed E-state index contributed by atoms with van der Waals surface area (Å²) in [6.45, 7) is 0. The molecule has 0 aromatic rings. The van der Waals surface area contributed by atoms with E-state index in [0.29, 0.717) is 0 Å². The van der Waals surface area contributed by atoms with Crippen molar-refractivity contribution in [3.05, 3.63) is 0 Å². The molecule has 0 bridgehead atoms. The first-order chi connectivity index (χ1) is 2.00. The zero-order valence-electron chi connectivity index (χ0n) is 5.70. The normalized spacial score (nSPS) is 8.57. The molecule has 0 saturated heterocycles. The minimum absolute atomic E-state index is 0. The van der Waals surface area contributed by atoms with Gasteiger partial charge in [-0.05, 0) is 0 Å². The number of hydrogen-bond donors (Lipinski definition) is 4. The summed E-state index contributed by atoms with van der Waals surface area (Å²) >= 11 is 0. The molecule has 0 aromatic heterocycles. The van der Waals surface area contributed by atoms with Gasteiger partial charge in [-0.1, -0.05) is 0 Å². The summed E-state index contributed by atoms with van der Waals surface area (Å²) in [5, 5.41) is 0. The van der Waals surface area contributed by atoms with Crippen LogP contribution in [0.25, 0.3) is 0 Å². The van der Waals surface area contributed by atoms with Gasteiger partial charge in [0.2, 0.25) is 0 Å². The fourth-order valence-electron chi connectivity index (χ4n) is 0. The molecule has 0 aromatic carbocycles. The van der Waals surface area contributed by atoms with E-state index in [2.05, 4.69) is 0 Å². The van der Waals surface area contributed by atoms with Gasteiger partial charge in [-0.15, -0.1) is 0 Å². The second-order valence-corrected chi connectivity index (χ2v) is 1.80. The van der Waals surface area contributed by atoms with E-state index in [1.54, 1.807) is 0 Å². The molecule has 4 nitrogen and oxygen atoms in total. The third-order valence-corrected chi connectivity index (χ3v) is 0. The van der Waals surface area contributed by atoms with Crippen molar-refractivity contribution in [1.82, 2.24) is 0 Å². The molecular formula is H9CaO4PSi. The van der Waals surface area contributed by atoms with Crippen LogP contribution in [0.3, 0.4) is 0 Å². The average molecular weight is 172 g/mol. The molecule has 7 heavy (non-hydrogen) atoms. The number of rotatable bonds is 0. The van der Waals surface area contributed by atoms with Gasteiger partial charge in [0.15, 0.2) is 0 Å². The molecule has 0 aliphatic rings. The first-order valence-electron chi connectivity index (χ1n) is 0.894. The minimum Gasteiger partial charge on any atom is -1.00 e. The van der Waals surface area contributed by atoms with Crippen molar-refractivity contribution >= 4 is 56.7 Å². The van der Waals surface area contributed by atoms with Crippen molar-refractivity contribution < 1.29 is 22.0 Å². The van der Waals surface area contributed by atoms with Crippen LogP contribution in [0.5, 0.6) is 0 Å². The van der Waals surface area contributed by atoms with E-state index in [4.69, 9.17) is 19.2 Å². The van der Waals surface area contributed by atoms with Gasteiger partial charge in [0.05, 0.1) is 0 Å². The predicted molar refractivity (Wildman–Crippen MR) is 33.7 cm³/mol. The van der Waals surface area contributed by atoms with Crippen molar-refractivity contribution in [2.45, 2.75) is 0 Å². The second-order valence-electron chi connectivity index (χ2n) is 0.600. The monoisotopic (exact) mass is 172 g/mol. The van der Waals surface area contributed by atoms with E-state index in [1.165, 1.54) is 0 Å². The van der Waals surface area contributed by atoms with E-state index < -0.39 is 9.05 Å². The molecule has 0 rings (SSSR count). The summed E-state index contributed by atoms with van der Waals surface area (Å²) in [5.74, 6) is 0. The average Bonchev–Trinajstić information content (AvgIpc) is 0.722. The van der Waals surface area contributed by atoms with Crippen LogP contribution in [0.2, 0.25) is 0 Å². The Morgan fingerprint density at radius 2 is 1.00 bits per heavy atom. The van der Waals surface area contributed by atoms with Crippen LogP contribution in [0, 0.1) is 0 Å². The standard InChI is InChI=1S/Ca.H4O4Si.H3P.2H/c;1-5(2,3)4;;;/h;1-4H;1H3;;/q+2;;;2*-1. The zero-order valence-corrected chi connectivity index (χ0v) is 8.33. The molecule has 0 aliphatic carbocycles. The van der Waals surface area contributed by atoms with Gasteiger partial charge >= 0.3 is 46.8 Å². The van der Waals surface area contributed by atoms with E-state index >= 15 is 0 Å². The molecule has 0 spiro atoms. The summed E-state index contributed by atoms with van der Waals surface area (Å²) < 4.78 is 0. The maximum atomic E-state index is 7.33. The largest absolute Gasteiger partial charge is 2.00 e. The van der Waals surface area contributed by atoms with Crippen molar-refractivity contribution in [2.24, 2.45) is 0 Å². The Balaban J connectivity index is -0.0000000133. The van der Waals surface area contributed by atoms with Crippen LogP contribution < -0.4 is 0 Å². The van der Waals surface area contributed by atoms with Crippen LogP contribution in [-0.2, 0) is 0 Å². The summed E-state index contributed by atoms with van der Waals surface area (Å²) in [6, 6.07) is 0. The van der Waals surface area contributed by atoms with Gasteiger partial charge in [-0.3, -0.25) is 0 Å². The quantitative estimate of drug-likeness (QED) is 0.237. The van der Waals surface area contributed by atoms with Crippen molar-refractivity contribution in [2.75, 3.05) is 0 Å². The first-order valence-corrected chi connectivity index (χ1v) is 2.68. The smallest absolute Gasteiger partial charge is 1.00 e. The van der Waals surface area contributed by atoms with Crippen LogP contribution in [0.4, 0.5) is 0 Å². The van der Waals surface area contributed by atoms with Crippen molar-refractivity contribution in [3.8, 4) is 0 Å². The Labute approximate surface area is 78.3 Å². The summed E-state index contributed by atoms with van der Waals surface area (Å²) in [7, 11) is -4.61. The molecule has 0 radical (unpaired) electrons. The maximum Gasteiger partial charge on any atom is 2.00 e. The van der Waals surface area contributed by atoms with Gasteiger partial charge in [0.25, 0.3) is 0 Å². The van der Waals surface area contributed by atoms with E-state index in [0.717, 1.165) is 0 Å². The molecule has 0 fully saturated rings. The SMILES string of the molecule is O[Si](O)(O)O.P.[Ca+2].[H-].[H-]. The third-order valence-electron chi connectivity index (χ3n) is 0. The topological polar surface area (TPSA) is 80.9 Å². The molecule has 0 heterocycles. The van der Waals surface area contributed by atoms with E-state index in [1.807, 2.05) is 0 Å². The van der Waals surface area contributed by atoms with Crippen molar-refractivity contribution in [1.29, 1.82) is 0 Å². The second kappa shape index (κ2) is 5.88. The fourth-order valence-corrected chi connectivity index (χ4v) is 0. The van der Waals surface area contributed by atoms with Crippen molar-refractivity contribution in [3.63, 3.8) is 0 Å². The molecule has 44 valence electrons. The molecule has 0 aliphatic heterocycles. The van der Waals surface area contributed by atoms with Gasteiger partial charge < -0.3 is 22.0 Å². The maximum absolute atomic E-state index is 7.33. The summed E-state index contributed by atoms with van der Waals surface area (Å²) in [4.78, 5) is 29.3. The Bertz CT molecular complexity index is 34.0. The summed E-state index contributed by atoms with van der Waals surface area (Å²) in [5.41, 5.74) is 0. The van der Waals surface area contributed by atoms with Gasteiger partial charge in [-0.2, -0.15) is 9.90 Å². The zero-order chi connectivity index (χ0) is 4.50. The summed E-state index contributed by atoms with van der Waals surface area (Å²) in [6.07, 6.45) is 0. The minimum atomic E-state index is -4.61. The Morgan fingerprint density at radius 3 is 1.00 bits per heavy atom. The fraction of sp³-hybridized carbons (Fsp3) is 0. The Hall–Kier alpha value is 1.75. The van der Waals surface area contributed by atoms with Gasteiger partial charge in [0, 0.05) is 0 Å². The Kier molecular flexibility index (Phi) is 13.3. The molecule has 0 amide bonds. The van der Waals surface area contributed by atoms with E-state index in [-0.39, 0.29) is 50.5 Å². The number of hydrogen-bond acceptors (Lipinski definition) is 4. The Morgan fingerprint density at radius 1 is 1.00 bits per heavy atom. The molecule has 1 unspecified atom stereocenters. The van der Waals surface area contributed by atoms with Crippen LogP contribution >= 0.6 is 9.90 Å². The molecule has 4 N–H and O–H groups in total. The molecule has 0 saturated carbocycles. The van der Waals surface area contributed by atoms with Gasteiger partial charge in [-0.25, -0.2) is 0 Å². The predicted octanol–water partition coefficient (Wildman–Crippen LogP) is -2.71. The van der Waals surface area contributed by atoms with Crippen LogP contribution in [-0.4, -0.2) is 66.0 Å². The molecular weight excluding hydrogens is 163 g/mol. The van der Waals surface area contributed by atoms with Crippen LogP contribution in [0.15, 0.2) is 0 Å². The van der Waals surface area contributed by atoms with E-state index in [9.17, 15) is 0 Å². The van der Waals surface area contributed by atoms with Crippen LogP contribution in [0.1, 0.15) is 2.85 Å². The third kappa shape index (κ3) is 83.9.